The molecule has 0 bridgehead atoms. The lowest BCUT2D eigenvalue weighted by atomic mass is 10.0. The number of rotatable bonds is 6. The zero-order valence-electron chi connectivity index (χ0n) is 18.5. The summed E-state index contributed by atoms with van der Waals surface area (Å²) in [5.41, 5.74) is 2.54. The van der Waals surface area contributed by atoms with Gasteiger partial charge in [0.2, 0.25) is 0 Å². The number of ether oxygens (including phenoxy) is 1. The first-order chi connectivity index (χ1) is 16.3. The Bertz CT molecular complexity index is 1340. The normalized spacial score (nSPS) is 13.2. The Kier molecular flexibility index (Phi) is 6.90. The molecule has 0 fully saturated rings. The molecule has 1 amide bonds. The number of nitrogens with one attached hydrogen (secondary N) is 1. The number of fused-ring (bicyclic) bond motifs is 1. The first-order valence-corrected chi connectivity index (χ1v) is 12.6. The van der Waals surface area contributed by atoms with Gasteiger partial charge in [0.15, 0.2) is 0 Å². The molecule has 0 aliphatic carbocycles. The van der Waals surface area contributed by atoms with Crippen LogP contribution in [0.15, 0.2) is 71.6 Å². The third kappa shape index (κ3) is 4.93. The average Bonchev–Trinajstić information content (AvgIpc) is 2.84. The molecule has 0 saturated carbocycles. The molecule has 0 saturated heterocycles. The lowest BCUT2D eigenvalue weighted by Crippen LogP contribution is -2.35. The second kappa shape index (κ2) is 9.87. The predicted octanol–water partition coefficient (Wildman–Crippen LogP) is 4.91. The van der Waals surface area contributed by atoms with Gasteiger partial charge in [0, 0.05) is 22.8 Å². The van der Waals surface area contributed by atoms with Crippen molar-refractivity contribution in [2.45, 2.75) is 24.7 Å². The third-order valence-electron chi connectivity index (χ3n) is 5.46. The van der Waals surface area contributed by atoms with Crippen molar-refractivity contribution in [1.29, 1.82) is 0 Å². The van der Waals surface area contributed by atoms with E-state index in [0.29, 0.717) is 46.9 Å². The Morgan fingerprint density at radius 2 is 1.76 bits per heavy atom. The number of benzene rings is 3. The summed E-state index contributed by atoms with van der Waals surface area (Å²) in [6.07, 6.45) is 1.39. The molecule has 0 aromatic heterocycles. The summed E-state index contributed by atoms with van der Waals surface area (Å²) in [4.78, 5) is 24.8. The van der Waals surface area contributed by atoms with Crippen molar-refractivity contribution in [2.24, 2.45) is 0 Å². The maximum atomic E-state index is 13.3. The Balaban J connectivity index is 1.59. The highest BCUT2D eigenvalue weighted by Gasteiger charge is 2.30. The number of carbonyl (C=O) groups excluding carboxylic acids is 2. The van der Waals surface area contributed by atoms with Crippen LogP contribution < -0.4 is 9.62 Å². The van der Waals surface area contributed by atoms with Crippen molar-refractivity contribution in [2.75, 3.05) is 22.8 Å². The van der Waals surface area contributed by atoms with E-state index < -0.39 is 21.9 Å². The van der Waals surface area contributed by atoms with Crippen LogP contribution in [0.1, 0.15) is 39.6 Å². The van der Waals surface area contributed by atoms with Crippen LogP contribution in [0.3, 0.4) is 0 Å². The van der Waals surface area contributed by atoms with Gasteiger partial charge in [-0.1, -0.05) is 23.7 Å². The monoisotopic (exact) mass is 498 g/mol. The van der Waals surface area contributed by atoms with Gasteiger partial charge in [0.1, 0.15) is 0 Å². The van der Waals surface area contributed by atoms with Gasteiger partial charge in [-0.25, -0.2) is 13.2 Å². The van der Waals surface area contributed by atoms with Gasteiger partial charge in [-0.05, 0) is 79.9 Å². The summed E-state index contributed by atoms with van der Waals surface area (Å²) in [6, 6.07) is 17.6. The zero-order valence-corrected chi connectivity index (χ0v) is 20.0. The molecule has 9 heteroatoms. The number of carbonyl (C=O) groups is 2. The van der Waals surface area contributed by atoms with Crippen molar-refractivity contribution in [1.82, 2.24) is 0 Å². The lowest BCUT2D eigenvalue weighted by Gasteiger charge is -2.31. The van der Waals surface area contributed by atoms with E-state index in [1.54, 1.807) is 61.5 Å². The SMILES string of the molecule is CCOC(=O)c1ccc(NC(=O)c2ccc3c(c2)N(S(=O)(=O)c2cccc(Cl)c2)CCC3)cc1. The minimum atomic E-state index is -3.84. The number of anilines is 2. The summed E-state index contributed by atoms with van der Waals surface area (Å²) < 4.78 is 33.0. The molecule has 1 heterocycles. The molecular formula is C25H23ClN2O5S. The molecule has 4 rings (SSSR count). The number of esters is 1. The Labute approximate surface area is 203 Å². The highest BCUT2D eigenvalue weighted by molar-refractivity contribution is 7.92. The molecule has 3 aromatic carbocycles. The second-order valence-electron chi connectivity index (χ2n) is 7.73. The topological polar surface area (TPSA) is 92.8 Å². The fourth-order valence-electron chi connectivity index (χ4n) is 3.79. The van der Waals surface area contributed by atoms with Gasteiger partial charge >= 0.3 is 5.97 Å². The van der Waals surface area contributed by atoms with E-state index in [0.717, 1.165) is 5.56 Å². The molecule has 0 atom stereocenters. The lowest BCUT2D eigenvalue weighted by molar-refractivity contribution is 0.0526. The molecule has 0 spiro atoms. The summed E-state index contributed by atoms with van der Waals surface area (Å²) >= 11 is 6.02. The fraction of sp³-hybridized carbons (Fsp3) is 0.200. The van der Waals surface area contributed by atoms with Crippen LogP contribution in [0.5, 0.6) is 0 Å². The molecule has 0 radical (unpaired) electrons. The van der Waals surface area contributed by atoms with Gasteiger partial charge in [0.05, 0.1) is 22.8 Å². The Morgan fingerprint density at radius 1 is 1.03 bits per heavy atom. The van der Waals surface area contributed by atoms with Crippen molar-refractivity contribution in [3.63, 3.8) is 0 Å². The molecule has 176 valence electrons. The highest BCUT2D eigenvalue weighted by Crippen LogP contribution is 2.33. The molecule has 1 aliphatic rings. The standard InChI is InChI=1S/C25H23ClN2O5S/c1-2-33-25(30)18-10-12-21(13-11-18)27-24(29)19-9-8-17-5-4-14-28(23(17)15-19)34(31,32)22-7-3-6-20(26)16-22/h3,6-13,15-16H,2,4-5,14H2,1H3,(H,27,29). The van der Waals surface area contributed by atoms with Gasteiger partial charge in [-0.3, -0.25) is 9.10 Å². The maximum absolute atomic E-state index is 13.3. The Morgan fingerprint density at radius 3 is 2.47 bits per heavy atom. The van der Waals surface area contributed by atoms with E-state index in [1.807, 2.05) is 0 Å². The number of hydrogen-bond donors (Lipinski definition) is 1. The van der Waals surface area contributed by atoms with Crippen LogP contribution in [0.4, 0.5) is 11.4 Å². The first-order valence-electron chi connectivity index (χ1n) is 10.8. The van der Waals surface area contributed by atoms with E-state index in [1.165, 1.54) is 16.4 Å². The maximum Gasteiger partial charge on any atom is 0.338 e. The van der Waals surface area contributed by atoms with Crippen LogP contribution in [0.2, 0.25) is 5.02 Å². The highest BCUT2D eigenvalue weighted by atomic mass is 35.5. The van der Waals surface area contributed by atoms with Crippen LogP contribution in [-0.4, -0.2) is 33.4 Å². The summed E-state index contributed by atoms with van der Waals surface area (Å²) in [6.45, 7) is 2.31. The van der Waals surface area contributed by atoms with E-state index in [-0.39, 0.29) is 11.5 Å². The number of nitrogens with zero attached hydrogens (tertiary/aromatic N) is 1. The van der Waals surface area contributed by atoms with E-state index >= 15 is 0 Å². The smallest absolute Gasteiger partial charge is 0.338 e. The summed E-state index contributed by atoms with van der Waals surface area (Å²) in [5, 5.41) is 3.11. The molecule has 1 N–H and O–H groups in total. The van der Waals surface area contributed by atoms with Crippen molar-refractivity contribution in [3.05, 3.63) is 88.4 Å². The second-order valence-corrected chi connectivity index (χ2v) is 10.0. The summed E-state index contributed by atoms with van der Waals surface area (Å²) in [5.74, 6) is -0.826. The van der Waals surface area contributed by atoms with Gasteiger partial charge < -0.3 is 10.1 Å². The number of sulfonamides is 1. The minimum absolute atomic E-state index is 0.101. The molecule has 1 aliphatic heterocycles. The molecule has 34 heavy (non-hydrogen) atoms. The van der Waals surface area contributed by atoms with Gasteiger partial charge in [-0.2, -0.15) is 0 Å². The van der Waals surface area contributed by atoms with Crippen LogP contribution in [0, 0.1) is 0 Å². The number of amides is 1. The molecule has 0 unspecified atom stereocenters. The van der Waals surface area contributed by atoms with Crippen molar-refractivity contribution >= 4 is 44.9 Å². The van der Waals surface area contributed by atoms with Crippen LogP contribution >= 0.6 is 11.6 Å². The van der Waals surface area contributed by atoms with E-state index in [2.05, 4.69) is 5.32 Å². The van der Waals surface area contributed by atoms with Gasteiger partial charge in [-0.15, -0.1) is 0 Å². The number of aryl methyl sites for hydroxylation is 1. The number of halogens is 1. The quantitative estimate of drug-likeness (QED) is 0.487. The Hall–Kier alpha value is -3.36. The van der Waals surface area contributed by atoms with Gasteiger partial charge in [0.25, 0.3) is 15.9 Å². The predicted molar refractivity (Wildman–Crippen MR) is 131 cm³/mol. The zero-order chi connectivity index (χ0) is 24.3. The van der Waals surface area contributed by atoms with E-state index in [4.69, 9.17) is 16.3 Å². The van der Waals surface area contributed by atoms with Crippen LogP contribution in [-0.2, 0) is 21.2 Å². The van der Waals surface area contributed by atoms with Crippen LogP contribution in [0.25, 0.3) is 0 Å². The van der Waals surface area contributed by atoms with Crippen molar-refractivity contribution in [3.8, 4) is 0 Å². The van der Waals surface area contributed by atoms with Crippen molar-refractivity contribution < 1.29 is 22.7 Å². The van der Waals surface area contributed by atoms with E-state index in [9.17, 15) is 18.0 Å². The molecule has 3 aromatic rings. The molecular weight excluding hydrogens is 476 g/mol. The fourth-order valence-corrected chi connectivity index (χ4v) is 5.63. The third-order valence-corrected chi connectivity index (χ3v) is 7.51. The number of hydrogen-bond acceptors (Lipinski definition) is 5. The minimum Gasteiger partial charge on any atom is -0.462 e. The average molecular weight is 499 g/mol. The summed E-state index contributed by atoms with van der Waals surface area (Å²) in [7, 11) is -3.84. The largest absolute Gasteiger partial charge is 0.462 e. The molecule has 7 nitrogen and oxygen atoms in total. The first kappa shape index (κ1) is 23.8.